The maximum absolute atomic E-state index is 13.0. The third kappa shape index (κ3) is 6.30. The predicted octanol–water partition coefficient (Wildman–Crippen LogP) is 5.96. The number of urea groups is 1. The van der Waals surface area contributed by atoms with Crippen LogP contribution in [0.5, 0.6) is 5.75 Å². The predicted molar refractivity (Wildman–Crippen MR) is 143 cm³/mol. The lowest BCUT2D eigenvalue weighted by molar-refractivity contribution is -0.127. The van der Waals surface area contributed by atoms with E-state index in [9.17, 15) is 9.59 Å². The normalized spacial score (nSPS) is 19.1. The lowest BCUT2D eigenvalue weighted by atomic mass is 9.81. The molecule has 0 radical (unpaired) electrons. The van der Waals surface area contributed by atoms with Gasteiger partial charge in [-0.15, -0.1) is 0 Å². The fourth-order valence-electron chi connectivity index (χ4n) is 4.14. The van der Waals surface area contributed by atoms with Gasteiger partial charge in [-0.25, -0.2) is 9.78 Å². The molecule has 1 saturated heterocycles. The van der Waals surface area contributed by atoms with E-state index in [1.807, 2.05) is 36.9 Å². The number of hydrogen-bond acceptors (Lipinski definition) is 5. The van der Waals surface area contributed by atoms with Crippen LogP contribution in [-0.4, -0.2) is 51.5 Å². The zero-order valence-electron chi connectivity index (χ0n) is 19.5. The molecule has 0 aliphatic carbocycles. The first kappa shape index (κ1) is 26.0. The molecule has 2 aromatic rings. The van der Waals surface area contributed by atoms with E-state index in [2.05, 4.69) is 46.7 Å². The summed E-state index contributed by atoms with van der Waals surface area (Å²) >= 11 is 9.49. The van der Waals surface area contributed by atoms with Gasteiger partial charge in [0.05, 0.1) is 12.3 Å². The Morgan fingerprint density at radius 1 is 1.27 bits per heavy atom. The van der Waals surface area contributed by atoms with Crippen LogP contribution in [0, 0.1) is 0 Å². The Bertz CT molecular complexity index is 1010. The number of fused-ring (bicyclic) bond motifs is 2. The Morgan fingerprint density at radius 2 is 1.97 bits per heavy atom. The number of hydrogen-bond donors (Lipinski definition) is 1. The van der Waals surface area contributed by atoms with E-state index in [0.717, 1.165) is 27.3 Å². The fraction of sp³-hybridized carbons (Fsp3) is 0.522. The number of aromatic nitrogens is 1. The fourth-order valence-corrected chi connectivity index (χ4v) is 4.94. The number of amides is 3. The molecule has 7 nitrogen and oxygen atoms in total. The van der Waals surface area contributed by atoms with Crippen LogP contribution in [0.2, 0.25) is 4.34 Å². The van der Waals surface area contributed by atoms with Gasteiger partial charge in [0.15, 0.2) is 5.13 Å². The van der Waals surface area contributed by atoms with Crippen molar-refractivity contribution in [2.75, 3.05) is 29.9 Å². The highest BCUT2D eigenvalue weighted by molar-refractivity contribution is 14.1. The van der Waals surface area contributed by atoms with Gasteiger partial charge in [-0.05, 0) is 44.0 Å². The second kappa shape index (κ2) is 10.8. The van der Waals surface area contributed by atoms with Crippen molar-refractivity contribution < 1.29 is 14.3 Å². The number of nitrogens with zero attached hydrogens (tertiary/aromatic N) is 3. The summed E-state index contributed by atoms with van der Waals surface area (Å²) in [5.74, 6) is 0.826. The SMILES string of the molecule is CC(=O)N1CCC2(C1)CN(C(=O)Nc1ncc(Cl)s1)c1ccc(OC(C)C)cc12.CC(C)I. The number of thiazole rings is 1. The maximum Gasteiger partial charge on any atom is 0.328 e. The number of nitrogens with one attached hydrogen (secondary N) is 1. The summed E-state index contributed by atoms with van der Waals surface area (Å²) in [6, 6.07) is 5.57. The average molecular weight is 605 g/mol. The molecular formula is C23H30ClIN4O3S. The van der Waals surface area contributed by atoms with E-state index in [0.29, 0.717) is 29.1 Å². The summed E-state index contributed by atoms with van der Waals surface area (Å²) in [7, 11) is 0. The molecule has 1 unspecified atom stereocenters. The van der Waals surface area contributed by atoms with E-state index in [1.54, 1.807) is 11.8 Å². The lowest BCUT2D eigenvalue weighted by Crippen LogP contribution is -2.41. The highest BCUT2D eigenvalue weighted by Gasteiger charge is 2.49. The van der Waals surface area contributed by atoms with Crippen molar-refractivity contribution in [2.24, 2.45) is 0 Å². The average Bonchev–Trinajstić information content (AvgIpc) is 3.40. The second-order valence-electron chi connectivity index (χ2n) is 8.82. The van der Waals surface area contributed by atoms with Crippen LogP contribution in [0.25, 0.3) is 0 Å². The van der Waals surface area contributed by atoms with Crippen LogP contribution in [0.4, 0.5) is 15.6 Å². The molecule has 1 fully saturated rings. The molecule has 2 aliphatic rings. The number of carbonyl (C=O) groups excluding carboxylic acids is 2. The maximum atomic E-state index is 13.0. The van der Waals surface area contributed by atoms with Gasteiger partial charge in [-0.2, -0.15) is 0 Å². The third-order valence-electron chi connectivity index (χ3n) is 5.40. The van der Waals surface area contributed by atoms with Crippen molar-refractivity contribution >= 4 is 68.3 Å². The largest absolute Gasteiger partial charge is 0.491 e. The third-order valence-corrected chi connectivity index (χ3v) is 6.43. The first-order valence-corrected chi connectivity index (χ1v) is 13.4. The molecule has 0 saturated carbocycles. The molecule has 4 rings (SSSR count). The van der Waals surface area contributed by atoms with Crippen molar-refractivity contribution in [3.05, 3.63) is 34.3 Å². The van der Waals surface area contributed by atoms with Gasteiger partial charge in [0, 0.05) is 41.6 Å². The summed E-state index contributed by atoms with van der Waals surface area (Å²) in [5, 5.41) is 3.29. The number of carbonyl (C=O) groups is 2. The molecule has 3 heterocycles. The molecule has 33 heavy (non-hydrogen) atoms. The number of benzene rings is 1. The molecule has 3 amide bonds. The highest BCUT2D eigenvalue weighted by Crippen LogP contribution is 2.48. The minimum atomic E-state index is -0.296. The molecule has 1 aromatic carbocycles. The van der Waals surface area contributed by atoms with Crippen LogP contribution in [0.15, 0.2) is 24.4 Å². The Kier molecular flexibility index (Phi) is 8.50. The zero-order valence-corrected chi connectivity index (χ0v) is 23.3. The number of halogens is 2. The molecule has 180 valence electrons. The summed E-state index contributed by atoms with van der Waals surface area (Å²) in [6.45, 7) is 11.6. The van der Waals surface area contributed by atoms with E-state index in [-0.39, 0.29) is 23.5 Å². The van der Waals surface area contributed by atoms with Gasteiger partial charge >= 0.3 is 6.03 Å². The molecule has 1 spiro atoms. The van der Waals surface area contributed by atoms with Gasteiger partial charge in [0.2, 0.25) is 5.91 Å². The van der Waals surface area contributed by atoms with Crippen molar-refractivity contribution in [3.63, 3.8) is 0 Å². The monoisotopic (exact) mass is 604 g/mol. The van der Waals surface area contributed by atoms with Crippen molar-refractivity contribution in [1.29, 1.82) is 0 Å². The molecular weight excluding hydrogens is 575 g/mol. The van der Waals surface area contributed by atoms with Gasteiger partial charge in [-0.3, -0.25) is 15.0 Å². The first-order chi connectivity index (χ1) is 15.5. The smallest absolute Gasteiger partial charge is 0.328 e. The number of likely N-dealkylation sites (tertiary alicyclic amines) is 1. The van der Waals surface area contributed by atoms with Gasteiger partial charge in [-0.1, -0.05) is 59.4 Å². The van der Waals surface area contributed by atoms with E-state index in [1.165, 1.54) is 17.5 Å². The number of anilines is 2. The van der Waals surface area contributed by atoms with Crippen molar-refractivity contribution in [2.45, 2.75) is 56.5 Å². The second-order valence-corrected chi connectivity index (χ2v) is 13.0. The van der Waals surface area contributed by atoms with Crippen LogP contribution in [0.1, 0.15) is 46.6 Å². The Balaban J connectivity index is 0.000000709. The molecule has 1 N–H and O–H groups in total. The zero-order chi connectivity index (χ0) is 24.3. The summed E-state index contributed by atoms with van der Waals surface area (Å²) in [5.41, 5.74) is 1.59. The standard InChI is InChI=1S/C20H23ClN4O3S.C3H7I/c1-12(2)28-14-4-5-16-15(8-14)20(6-7-24(10-20)13(3)26)11-25(16)19(27)23-18-22-9-17(21)29-18;1-3(2)4/h4-5,8-9,12H,6-7,10-11H2,1-3H3,(H,22,23,27);3H,1-2H3. The minimum absolute atomic E-state index is 0.0525. The first-order valence-electron chi connectivity index (χ1n) is 10.9. The van der Waals surface area contributed by atoms with E-state index < -0.39 is 0 Å². The molecule has 0 bridgehead atoms. The Morgan fingerprint density at radius 3 is 2.52 bits per heavy atom. The van der Waals surface area contributed by atoms with E-state index >= 15 is 0 Å². The van der Waals surface area contributed by atoms with Crippen LogP contribution in [0.3, 0.4) is 0 Å². The molecule has 1 aromatic heterocycles. The van der Waals surface area contributed by atoms with Crippen molar-refractivity contribution in [3.8, 4) is 5.75 Å². The van der Waals surface area contributed by atoms with Gasteiger partial charge in [0.25, 0.3) is 0 Å². The quantitative estimate of drug-likeness (QED) is 0.347. The molecule has 2 aliphatic heterocycles. The molecule has 10 heteroatoms. The number of ether oxygens (including phenoxy) is 1. The van der Waals surface area contributed by atoms with Crippen molar-refractivity contribution in [1.82, 2.24) is 9.88 Å². The Labute approximate surface area is 218 Å². The number of alkyl halides is 1. The lowest BCUT2D eigenvalue weighted by Gasteiger charge is -2.25. The van der Waals surface area contributed by atoms with Crippen LogP contribution < -0.4 is 15.0 Å². The topological polar surface area (TPSA) is 74.8 Å². The number of rotatable bonds is 3. The summed E-state index contributed by atoms with van der Waals surface area (Å²) < 4.78 is 7.21. The molecule has 1 atom stereocenters. The van der Waals surface area contributed by atoms with Gasteiger partial charge < -0.3 is 9.64 Å². The van der Waals surface area contributed by atoms with Crippen LogP contribution in [-0.2, 0) is 10.2 Å². The highest BCUT2D eigenvalue weighted by atomic mass is 127. The summed E-state index contributed by atoms with van der Waals surface area (Å²) in [4.78, 5) is 32.7. The van der Waals surface area contributed by atoms with E-state index in [4.69, 9.17) is 16.3 Å². The van der Waals surface area contributed by atoms with Crippen LogP contribution >= 0.6 is 45.5 Å². The Hall–Kier alpha value is -1.59. The van der Waals surface area contributed by atoms with Gasteiger partial charge in [0.1, 0.15) is 10.1 Å². The minimum Gasteiger partial charge on any atom is -0.491 e. The summed E-state index contributed by atoms with van der Waals surface area (Å²) in [6.07, 6.45) is 2.37.